The number of piperidine rings is 1. The normalized spacial score (nSPS) is 21.2. The van der Waals surface area contributed by atoms with Crippen molar-refractivity contribution in [3.8, 4) is 0 Å². The fourth-order valence-corrected chi connectivity index (χ4v) is 4.40. The quantitative estimate of drug-likeness (QED) is 0.863. The maximum atomic E-state index is 13.0. The Morgan fingerprint density at radius 2 is 1.88 bits per heavy atom. The first-order valence-corrected chi connectivity index (χ1v) is 9.45. The molecule has 3 N–H and O–H groups in total. The van der Waals surface area contributed by atoms with Crippen LogP contribution < -0.4 is 11.1 Å². The molecule has 5 nitrogen and oxygen atoms in total. The van der Waals surface area contributed by atoms with Gasteiger partial charge in [-0.25, -0.2) is 0 Å². The van der Waals surface area contributed by atoms with Crippen molar-refractivity contribution >= 4 is 17.5 Å². The molecule has 2 amide bonds. The maximum Gasteiger partial charge on any atom is 0.232 e. The minimum atomic E-state index is -0.426. The van der Waals surface area contributed by atoms with Crippen LogP contribution in [0, 0.1) is 11.3 Å². The van der Waals surface area contributed by atoms with Crippen molar-refractivity contribution in [1.82, 2.24) is 4.90 Å². The van der Waals surface area contributed by atoms with Crippen molar-refractivity contribution in [2.75, 3.05) is 25.0 Å². The van der Waals surface area contributed by atoms with E-state index in [4.69, 9.17) is 5.73 Å². The minimum absolute atomic E-state index is 0.0786. The van der Waals surface area contributed by atoms with Crippen molar-refractivity contribution in [2.45, 2.75) is 45.4 Å². The van der Waals surface area contributed by atoms with Crippen LogP contribution in [0.5, 0.6) is 0 Å². The third-order valence-corrected chi connectivity index (χ3v) is 6.33. The van der Waals surface area contributed by atoms with Gasteiger partial charge in [-0.1, -0.05) is 32.0 Å². The summed E-state index contributed by atoms with van der Waals surface area (Å²) in [6.07, 6.45) is 3.28. The van der Waals surface area contributed by atoms with Crippen molar-refractivity contribution in [1.29, 1.82) is 0 Å². The Morgan fingerprint density at radius 3 is 2.48 bits per heavy atom. The van der Waals surface area contributed by atoms with Crippen LogP contribution in [-0.4, -0.2) is 36.3 Å². The number of nitrogens with zero attached hydrogens (tertiary/aromatic N) is 1. The average Bonchev–Trinajstić information content (AvgIpc) is 2.99. The van der Waals surface area contributed by atoms with Crippen LogP contribution in [0.1, 0.15) is 51.0 Å². The van der Waals surface area contributed by atoms with Gasteiger partial charge in [-0.05, 0) is 43.2 Å². The SMILES string of the molecule is CCC(CC)(CN)C(=O)N1CCC(C2C(=O)Nc3ccccc32)CC1. The van der Waals surface area contributed by atoms with Crippen molar-refractivity contribution in [3.63, 3.8) is 0 Å². The van der Waals surface area contributed by atoms with E-state index in [1.807, 2.05) is 43.0 Å². The number of benzene rings is 1. The molecule has 1 unspecified atom stereocenters. The number of carbonyl (C=O) groups is 2. The van der Waals surface area contributed by atoms with E-state index in [1.54, 1.807) is 0 Å². The van der Waals surface area contributed by atoms with Crippen LogP contribution in [0.25, 0.3) is 0 Å². The van der Waals surface area contributed by atoms with E-state index in [0.717, 1.165) is 50.0 Å². The molecule has 25 heavy (non-hydrogen) atoms. The summed E-state index contributed by atoms with van der Waals surface area (Å²) >= 11 is 0. The highest BCUT2D eigenvalue weighted by Gasteiger charge is 2.41. The number of amides is 2. The summed E-state index contributed by atoms with van der Waals surface area (Å²) in [5, 5.41) is 2.99. The first-order chi connectivity index (χ1) is 12.1. The van der Waals surface area contributed by atoms with Gasteiger partial charge in [0.05, 0.1) is 11.3 Å². The lowest BCUT2D eigenvalue weighted by Gasteiger charge is -2.40. The fourth-order valence-electron chi connectivity index (χ4n) is 4.40. The topological polar surface area (TPSA) is 75.4 Å². The highest BCUT2D eigenvalue weighted by Crippen LogP contribution is 2.41. The highest BCUT2D eigenvalue weighted by atomic mass is 16.2. The van der Waals surface area contributed by atoms with Crippen LogP contribution in [-0.2, 0) is 9.59 Å². The number of likely N-dealkylation sites (tertiary alicyclic amines) is 1. The Bertz CT molecular complexity index is 638. The highest BCUT2D eigenvalue weighted by molar-refractivity contribution is 6.03. The summed E-state index contributed by atoms with van der Waals surface area (Å²) in [5.41, 5.74) is 7.55. The Morgan fingerprint density at radius 1 is 1.24 bits per heavy atom. The van der Waals surface area contributed by atoms with Gasteiger partial charge in [0, 0.05) is 25.3 Å². The van der Waals surface area contributed by atoms with E-state index in [1.165, 1.54) is 0 Å². The Labute approximate surface area is 150 Å². The van der Waals surface area contributed by atoms with Gasteiger partial charge in [0.1, 0.15) is 0 Å². The predicted octanol–water partition coefficient (Wildman–Crippen LogP) is 2.73. The number of rotatable bonds is 5. The van der Waals surface area contributed by atoms with Gasteiger partial charge in [-0.15, -0.1) is 0 Å². The monoisotopic (exact) mass is 343 g/mol. The molecular formula is C20H29N3O2. The van der Waals surface area contributed by atoms with Gasteiger partial charge in [-0.3, -0.25) is 9.59 Å². The summed E-state index contributed by atoms with van der Waals surface area (Å²) in [4.78, 5) is 27.4. The van der Waals surface area contributed by atoms with E-state index in [2.05, 4.69) is 5.32 Å². The predicted molar refractivity (Wildman–Crippen MR) is 99.2 cm³/mol. The van der Waals surface area contributed by atoms with Crippen LogP contribution in [0.4, 0.5) is 5.69 Å². The largest absolute Gasteiger partial charge is 0.342 e. The third-order valence-electron chi connectivity index (χ3n) is 6.33. The number of hydrogen-bond donors (Lipinski definition) is 2. The van der Waals surface area contributed by atoms with Gasteiger partial charge >= 0.3 is 0 Å². The minimum Gasteiger partial charge on any atom is -0.342 e. The van der Waals surface area contributed by atoms with Gasteiger partial charge in [0.25, 0.3) is 0 Å². The molecule has 0 radical (unpaired) electrons. The van der Waals surface area contributed by atoms with Crippen molar-refractivity contribution in [3.05, 3.63) is 29.8 Å². The molecule has 0 aromatic heterocycles. The molecule has 136 valence electrons. The van der Waals surface area contributed by atoms with Crippen molar-refractivity contribution in [2.24, 2.45) is 17.1 Å². The summed E-state index contributed by atoms with van der Waals surface area (Å²) < 4.78 is 0. The molecule has 1 aromatic carbocycles. The molecule has 5 heteroatoms. The zero-order chi connectivity index (χ0) is 18.0. The zero-order valence-electron chi connectivity index (χ0n) is 15.3. The smallest absolute Gasteiger partial charge is 0.232 e. The molecule has 1 aromatic rings. The Kier molecular flexibility index (Phi) is 5.13. The van der Waals surface area contributed by atoms with Crippen LogP contribution in [0.3, 0.4) is 0 Å². The molecule has 2 aliphatic rings. The number of nitrogens with two attached hydrogens (primary N) is 1. The van der Waals surface area contributed by atoms with Crippen LogP contribution in [0.2, 0.25) is 0 Å². The first-order valence-electron chi connectivity index (χ1n) is 9.45. The molecule has 2 heterocycles. The van der Waals surface area contributed by atoms with E-state index in [0.29, 0.717) is 12.5 Å². The molecule has 0 spiro atoms. The molecule has 0 aliphatic carbocycles. The average molecular weight is 343 g/mol. The maximum absolute atomic E-state index is 13.0. The molecule has 1 fully saturated rings. The van der Waals surface area contributed by atoms with Crippen LogP contribution >= 0.6 is 0 Å². The van der Waals surface area contributed by atoms with E-state index in [-0.39, 0.29) is 17.7 Å². The molecule has 1 saturated heterocycles. The Balaban J connectivity index is 1.68. The van der Waals surface area contributed by atoms with Crippen LogP contribution in [0.15, 0.2) is 24.3 Å². The van der Waals surface area contributed by atoms with E-state index < -0.39 is 5.41 Å². The van der Waals surface area contributed by atoms with Gasteiger partial charge in [0.2, 0.25) is 11.8 Å². The van der Waals surface area contributed by atoms with Gasteiger partial charge < -0.3 is 16.0 Å². The number of nitrogens with one attached hydrogen (secondary N) is 1. The summed E-state index contributed by atoms with van der Waals surface area (Å²) in [6.45, 7) is 5.92. The standard InChI is InChI=1S/C20H29N3O2/c1-3-20(4-2,13-21)19(25)23-11-9-14(10-12-23)17-15-7-5-6-8-16(15)22-18(17)24/h5-8,14,17H,3-4,9-13,21H2,1-2H3,(H,22,24). The third kappa shape index (κ3) is 3.06. The lowest BCUT2D eigenvalue weighted by molar-refractivity contribution is -0.143. The lowest BCUT2D eigenvalue weighted by Crippen LogP contribution is -2.50. The molecule has 3 rings (SSSR count). The number of fused-ring (bicyclic) bond motifs is 1. The second-order valence-corrected chi connectivity index (χ2v) is 7.38. The Hall–Kier alpha value is -1.88. The van der Waals surface area contributed by atoms with Gasteiger partial charge in [-0.2, -0.15) is 0 Å². The molecule has 1 atom stereocenters. The zero-order valence-corrected chi connectivity index (χ0v) is 15.3. The fraction of sp³-hybridized carbons (Fsp3) is 0.600. The lowest BCUT2D eigenvalue weighted by atomic mass is 9.78. The molecular weight excluding hydrogens is 314 g/mol. The number of anilines is 1. The van der Waals surface area contributed by atoms with E-state index in [9.17, 15) is 9.59 Å². The molecule has 0 saturated carbocycles. The second kappa shape index (κ2) is 7.16. The molecule has 2 aliphatic heterocycles. The summed E-state index contributed by atoms with van der Waals surface area (Å²) in [6, 6.07) is 7.95. The number of hydrogen-bond acceptors (Lipinski definition) is 3. The van der Waals surface area contributed by atoms with E-state index >= 15 is 0 Å². The van der Waals surface area contributed by atoms with Gasteiger partial charge in [0.15, 0.2) is 0 Å². The first kappa shape index (κ1) is 17.9. The number of carbonyl (C=O) groups excluding carboxylic acids is 2. The molecule has 0 bridgehead atoms. The summed E-state index contributed by atoms with van der Waals surface area (Å²) in [5.74, 6) is 0.507. The second-order valence-electron chi connectivity index (χ2n) is 7.38. The van der Waals surface area contributed by atoms with Crippen molar-refractivity contribution < 1.29 is 9.59 Å². The summed E-state index contributed by atoms with van der Waals surface area (Å²) in [7, 11) is 0. The number of para-hydroxylation sites is 1.